The number of aryl methyl sites for hydroxylation is 2. The lowest BCUT2D eigenvalue weighted by Gasteiger charge is -2.14. The summed E-state index contributed by atoms with van der Waals surface area (Å²) in [6.07, 6.45) is 0.801. The quantitative estimate of drug-likeness (QED) is 0.429. The fraction of sp³-hybridized carbons (Fsp3) is 0.292. The molecule has 0 spiro atoms. The van der Waals surface area contributed by atoms with Crippen molar-refractivity contribution in [3.05, 3.63) is 70.3 Å². The fourth-order valence-electron chi connectivity index (χ4n) is 3.69. The van der Waals surface area contributed by atoms with Crippen LogP contribution in [-0.4, -0.2) is 32.3 Å². The number of pyridine rings is 1. The van der Waals surface area contributed by atoms with Gasteiger partial charge in [-0.3, -0.25) is 4.79 Å². The van der Waals surface area contributed by atoms with Crippen LogP contribution in [0.25, 0.3) is 22.3 Å². The molecule has 1 unspecified atom stereocenters. The summed E-state index contributed by atoms with van der Waals surface area (Å²) in [4.78, 5) is 18.0. The first kappa shape index (κ1) is 22.0. The Morgan fingerprint density at radius 3 is 2.56 bits per heavy atom. The van der Waals surface area contributed by atoms with E-state index in [2.05, 4.69) is 10.4 Å². The first-order valence-corrected chi connectivity index (χ1v) is 10.8. The molecular formula is C24H25ClN4O3. The molecule has 3 heterocycles. The van der Waals surface area contributed by atoms with Gasteiger partial charge in [0.05, 0.1) is 28.9 Å². The summed E-state index contributed by atoms with van der Waals surface area (Å²) >= 11 is 5.91. The number of amides is 1. The van der Waals surface area contributed by atoms with Gasteiger partial charge in [-0.1, -0.05) is 23.7 Å². The molecule has 1 amide bonds. The van der Waals surface area contributed by atoms with E-state index in [0.717, 1.165) is 17.1 Å². The summed E-state index contributed by atoms with van der Waals surface area (Å²) in [7, 11) is 0. The van der Waals surface area contributed by atoms with Gasteiger partial charge in [-0.2, -0.15) is 5.10 Å². The summed E-state index contributed by atoms with van der Waals surface area (Å²) in [6.45, 7) is 7.82. The second-order valence-corrected chi connectivity index (χ2v) is 8.52. The van der Waals surface area contributed by atoms with Crippen LogP contribution in [0, 0.1) is 13.8 Å². The number of carbonyl (C=O) groups excluding carboxylic acids is 1. The van der Waals surface area contributed by atoms with E-state index in [1.165, 1.54) is 0 Å². The van der Waals surface area contributed by atoms with Crippen LogP contribution < -0.4 is 5.32 Å². The van der Waals surface area contributed by atoms with E-state index in [1.807, 2.05) is 33.8 Å². The summed E-state index contributed by atoms with van der Waals surface area (Å²) in [6, 6.07) is 10.6. The monoisotopic (exact) mass is 452 g/mol. The molecule has 8 heteroatoms. The summed E-state index contributed by atoms with van der Waals surface area (Å²) in [5, 5.41) is 19.0. The number of furan rings is 1. The molecule has 4 rings (SSSR count). The van der Waals surface area contributed by atoms with Crippen molar-refractivity contribution in [2.45, 2.75) is 39.8 Å². The highest BCUT2D eigenvalue weighted by molar-refractivity contribution is 6.30. The first-order valence-electron chi connectivity index (χ1n) is 10.4. The van der Waals surface area contributed by atoms with Gasteiger partial charge in [0.25, 0.3) is 5.91 Å². The van der Waals surface area contributed by atoms with Crippen LogP contribution in [0.15, 0.2) is 47.0 Å². The minimum absolute atomic E-state index is 0.0573. The Morgan fingerprint density at radius 2 is 1.94 bits per heavy atom. The van der Waals surface area contributed by atoms with Gasteiger partial charge in [0.2, 0.25) is 0 Å². The Kier molecular flexibility index (Phi) is 6.04. The Hall–Kier alpha value is -3.16. The minimum atomic E-state index is -0.856. The molecule has 1 atom stereocenters. The zero-order valence-corrected chi connectivity index (χ0v) is 19.1. The van der Waals surface area contributed by atoms with Crippen LogP contribution in [0.2, 0.25) is 5.02 Å². The van der Waals surface area contributed by atoms with E-state index in [-0.39, 0.29) is 18.5 Å². The van der Waals surface area contributed by atoms with Crippen molar-refractivity contribution in [2.75, 3.05) is 6.54 Å². The lowest BCUT2D eigenvalue weighted by atomic mass is 10.1. The smallest absolute Gasteiger partial charge is 0.252 e. The minimum Gasteiger partial charge on any atom is -0.466 e. The van der Waals surface area contributed by atoms with E-state index in [9.17, 15) is 9.90 Å². The van der Waals surface area contributed by atoms with Crippen molar-refractivity contribution in [3.63, 3.8) is 0 Å². The highest BCUT2D eigenvalue weighted by Gasteiger charge is 2.21. The van der Waals surface area contributed by atoms with Crippen molar-refractivity contribution >= 4 is 28.5 Å². The second-order valence-electron chi connectivity index (χ2n) is 8.08. The van der Waals surface area contributed by atoms with Crippen LogP contribution in [-0.2, 0) is 0 Å². The third-order valence-corrected chi connectivity index (χ3v) is 5.58. The SMILES string of the molecule is Cc1cc(-c2cc(C(=O)NCC(O)c3ccc(Cl)cc3)c3cnn(C(C)C)c3n2)c(C)o1. The van der Waals surface area contributed by atoms with Crippen molar-refractivity contribution in [1.82, 2.24) is 20.1 Å². The van der Waals surface area contributed by atoms with Crippen LogP contribution in [0.4, 0.5) is 0 Å². The normalized spacial score (nSPS) is 12.5. The Balaban J connectivity index is 1.69. The first-order chi connectivity index (χ1) is 15.2. The highest BCUT2D eigenvalue weighted by Crippen LogP contribution is 2.30. The van der Waals surface area contributed by atoms with Crippen molar-refractivity contribution in [3.8, 4) is 11.3 Å². The van der Waals surface area contributed by atoms with Crippen molar-refractivity contribution in [1.29, 1.82) is 0 Å². The molecule has 1 aromatic carbocycles. The largest absolute Gasteiger partial charge is 0.466 e. The van der Waals surface area contributed by atoms with Crippen molar-refractivity contribution in [2.24, 2.45) is 0 Å². The number of halogens is 1. The van der Waals surface area contributed by atoms with Crippen LogP contribution in [0.1, 0.15) is 53.4 Å². The van der Waals surface area contributed by atoms with Gasteiger partial charge >= 0.3 is 0 Å². The summed E-state index contributed by atoms with van der Waals surface area (Å²) < 4.78 is 7.46. The number of nitrogens with zero attached hydrogens (tertiary/aromatic N) is 3. The van der Waals surface area contributed by atoms with Gasteiger partial charge in [0, 0.05) is 23.2 Å². The molecule has 0 aliphatic rings. The summed E-state index contributed by atoms with van der Waals surface area (Å²) in [5.74, 6) is 1.19. The van der Waals surface area contributed by atoms with Crippen molar-refractivity contribution < 1.29 is 14.3 Å². The molecule has 0 aliphatic carbocycles. The van der Waals surface area contributed by atoms with Gasteiger partial charge in [-0.05, 0) is 57.5 Å². The van der Waals surface area contributed by atoms with Gasteiger partial charge < -0.3 is 14.8 Å². The molecule has 4 aromatic rings. The Labute approximate surface area is 191 Å². The molecule has 7 nitrogen and oxygen atoms in total. The number of rotatable bonds is 6. The highest BCUT2D eigenvalue weighted by atomic mass is 35.5. The molecule has 0 fully saturated rings. The topological polar surface area (TPSA) is 93.2 Å². The zero-order chi connectivity index (χ0) is 23.0. The van der Waals surface area contributed by atoms with E-state index < -0.39 is 6.10 Å². The standard InChI is InChI=1S/C24H25ClN4O3/c1-13(2)29-23-20(11-27-29)19(10-21(28-23)18-9-14(3)32-15(18)4)24(31)26-12-22(30)16-5-7-17(25)8-6-16/h5-11,13,22,30H,12H2,1-4H3,(H,26,31). The molecule has 3 aromatic heterocycles. The van der Waals surface area contributed by atoms with Gasteiger partial charge in [0.15, 0.2) is 5.65 Å². The van der Waals surface area contributed by atoms with Gasteiger partial charge in [-0.25, -0.2) is 9.67 Å². The van der Waals surface area contributed by atoms with E-state index in [4.69, 9.17) is 21.0 Å². The van der Waals surface area contributed by atoms with E-state index >= 15 is 0 Å². The lowest BCUT2D eigenvalue weighted by Crippen LogP contribution is -2.28. The Bertz CT molecular complexity index is 1270. The molecule has 0 saturated carbocycles. The molecule has 2 N–H and O–H groups in total. The number of hydrogen-bond acceptors (Lipinski definition) is 5. The second kappa shape index (κ2) is 8.76. The fourth-order valence-corrected chi connectivity index (χ4v) is 3.82. The van der Waals surface area contributed by atoms with Crippen LogP contribution in [0.5, 0.6) is 0 Å². The molecule has 32 heavy (non-hydrogen) atoms. The van der Waals surface area contributed by atoms with Crippen LogP contribution >= 0.6 is 11.6 Å². The average Bonchev–Trinajstić information content (AvgIpc) is 3.34. The number of carbonyl (C=O) groups is 1. The number of benzene rings is 1. The molecule has 0 saturated heterocycles. The maximum atomic E-state index is 13.2. The number of hydrogen-bond donors (Lipinski definition) is 2. The number of nitrogens with one attached hydrogen (secondary N) is 1. The molecule has 0 radical (unpaired) electrons. The van der Waals surface area contributed by atoms with E-state index in [1.54, 1.807) is 41.2 Å². The Morgan fingerprint density at radius 1 is 1.22 bits per heavy atom. The summed E-state index contributed by atoms with van der Waals surface area (Å²) in [5.41, 5.74) is 3.21. The third-order valence-electron chi connectivity index (χ3n) is 5.33. The van der Waals surface area contributed by atoms with Gasteiger partial charge in [0.1, 0.15) is 11.5 Å². The van der Waals surface area contributed by atoms with Gasteiger partial charge in [-0.15, -0.1) is 0 Å². The predicted octanol–water partition coefficient (Wildman–Crippen LogP) is 5.01. The van der Waals surface area contributed by atoms with Crippen LogP contribution in [0.3, 0.4) is 0 Å². The average molecular weight is 453 g/mol. The third kappa shape index (κ3) is 4.26. The zero-order valence-electron chi connectivity index (χ0n) is 18.4. The maximum absolute atomic E-state index is 13.2. The number of aromatic nitrogens is 3. The number of fused-ring (bicyclic) bond motifs is 1. The maximum Gasteiger partial charge on any atom is 0.252 e. The molecular weight excluding hydrogens is 428 g/mol. The molecule has 0 bridgehead atoms. The van der Waals surface area contributed by atoms with E-state index in [0.29, 0.717) is 32.9 Å². The number of aliphatic hydroxyl groups excluding tert-OH is 1. The lowest BCUT2D eigenvalue weighted by molar-refractivity contribution is 0.0918. The number of aliphatic hydroxyl groups is 1. The predicted molar refractivity (Wildman–Crippen MR) is 124 cm³/mol. The molecule has 0 aliphatic heterocycles. The molecule has 166 valence electrons.